The quantitative estimate of drug-likeness (QED) is 0.801. The molecule has 82 valence electrons. The van der Waals surface area contributed by atoms with Gasteiger partial charge in [-0.1, -0.05) is 23.7 Å². The summed E-state index contributed by atoms with van der Waals surface area (Å²) in [4.78, 5) is 11.4. The zero-order valence-corrected chi connectivity index (χ0v) is 9.61. The highest BCUT2D eigenvalue weighted by atomic mass is 35.5. The van der Waals surface area contributed by atoms with Crippen LogP contribution in [0.3, 0.4) is 0 Å². The van der Waals surface area contributed by atoms with Crippen LogP contribution in [0.15, 0.2) is 41.2 Å². The lowest BCUT2D eigenvalue weighted by molar-refractivity contribution is 0.619. The number of aromatic nitrogens is 2. The van der Waals surface area contributed by atoms with Crippen LogP contribution in [0.2, 0.25) is 5.02 Å². The van der Waals surface area contributed by atoms with Gasteiger partial charge in [0, 0.05) is 23.2 Å². The second-order valence-corrected chi connectivity index (χ2v) is 3.82. The lowest BCUT2D eigenvalue weighted by Crippen LogP contribution is -2.20. The van der Waals surface area contributed by atoms with Crippen molar-refractivity contribution in [3.05, 3.63) is 51.8 Å². The lowest BCUT2D eigenvalue weighted by Gasteiger charge is -2.04. The third kappa shape index (κ3) is 2.14. The van der Waals surface area contributed by atoms with Gasteiger partial charge in [-0.25, -0.2) is 4.68 Å². The van der Waals surface area contributed by atoms with E-state index in [0.29, 0.717) is 11.6 Å². The van der Waals surface area contributed by atoms with Crippen LogP contribution in [0.4, 0.5) is 0 Å². The van der Waals surface area contributed by atoms with Gasteiger partial charge < -0.3 is 0 Å². The fourth-order valence-electron chi connectivity index (χ4n) is 1.45. The zero-order valence-electron chi connectivity index (χ0n) is 8.85. The average molecular weight is 235 g/mol. The molecule has 0 aliphatic carbocycles. The molecule has 1 aromatic carbocycles. The number of nitrogens with zero attached hydrogens (tertiary/aromatic N) is 2. The summed E-state index contributed by atoms with van der Waals surface area (Å²) in [7, 11) is 0. The van der Waals surface area contributed by atoms with Gasteiger partial charge in [0.2, 0.25) is 0 Å². The van der Waals surface area contributed by atoms with E-state index in [1.54, 1.807) is 18.2 Å². The highest BCUT2D eigenvalue weighted by molar-refractivity contribution is 6.30. The Labute approximate surface area is 98.3 Å². The van der Waals surface area contributed by atoms with Crippen molar-refractivity contribution in [2.75, 3.05) is 0 Å². The maximum absolute atomic E-state index is 11.4. The number of hydrogen-bond acceptors (Lipinski definition) is 2. The van der Waals surface area contributed by atoms with Crippen molar-refractivity contribution in [3.8, 4) is 11.3 Å². The van der Waals surface area contributed by atoms with Crippen molar-refractivity contribution >= 4 is 11.6 Å². The molecule has 2 rings (SSSR count). The van der Waals surface area contributed by atoms with E-state index in [9.17, 15) is 4.79 Å². The molecule has 0 unspecified atom stereocenters. The number of hydrogen-bond donors (Lipinski definition) is 0. The van der Waals surface area contributed by atoms with Crippen LogP contribution in [-0.4, -0.2) is 9.78 Å². The Morgan fingerprint density at radius 1 is 1.19 bits per heavy atom. The Morgan fingerprint density at radius 3 is 2.50 bits per heavy atom. The predicted octanol–water partition coefficient (Wildman–Crippen LogP) is 2.58. The Bertz CT molecular complexity index is 546. The average Bonchev–Trinajstić information content (AvgIpc) is 2.31. The minimum absolute atomic E-state index is 0.0831. The summed E-state index contributed by atoms with van der Waals surface area (Å²) in [6, 6.07) is 10.6. The highest BCUT2D eigenvalue weighted by Gasteiger charge is 2.01. The third-order valence-electron chi connectivity index (χ3n) is 2.31. The van der Waals surface area contributed by atoms with Crippen molar-refractivity contribution in [2.24, 2.45) is 0 Å². The predicted molar refractivity (Wildman–Crippen MR) is 64.6 cm³/mol. The van der Waals surface area contributed by atoms with Gasteiger partial charge in [-0.3, -0.25) is 4.79 Å². The Balaban J connectivity index is 2.48. The first-order valence-electron chi connectivity index (χ1n) is 5.05. The third-order valence-corrected chi connectivity index (χ3v) is 2.56. The number of benzene rings is 1. The first kappa shape index (κ1) is 10.9. The molecule has 4 heteroatoms. The van der Waals surface area contributed by atoms with Crippen LogP contribution in [-0.2, 0) is 6.54 Å². The fraction of sp³-hybridized carbons (Fsp3) is 0.167. The standard InChI is InChI=1S/C12H11ClN2O/c1-2-15-12(16)8-7-11(14-15)9-3-5-10(13)6-4-9/h3-8H,2H2,1H3. The molecule has 0 N–H and O–H groups in total. The van der Waals surface area contributed by atoms with Crippen LogP contribution in [0, 0.1) is 0 Å². The molecule has 1 aromatic heterocycles. The number of rotatable bonds is 2. The second-order valence-electron chi connectivity index (χ2n) is 3.38. The van der Waals surface area contributed by atoms with Gasteiger partial charge >= 0.3 is 0 Å². The van der Waals surface area contributed by atoms with Crippen LogP contribution in [0.25, 0.3) is 11.3 Å². The molecule has 0 spiro atoms. The zero-order chi connectivity index (χ0) is 11.5. The second kappa shape index (κ2) is 4.49. The molecule has 0 atom stereocenters. The van der Waals surface area contributed by atoms with E-state index in [0.717, 1.165) is 11.3 Å². The van der Waals surface area contributed by atoms with E-state index in [1.165, 1.54) is 10.7 Å². The van der Waals surface area contributed by atoms with Gasteiger partial charge in [0.25, 0.3) is 5.56 Å². The van der Waals surface area contributed by atoms with Crippen molar-refractivity contribution in [1.29, 1.82) is 0 Å². The van der Waals surface area contributed by atoms with E-state index in [1.807, 2.05) is 19.1 Å². The van der Waals surface area contributed by atoms with E-state index >= 15 is 0 Å². The van der Waals surface area contributed by atoms with Crippen LogP contribution in [0.1, 0.15) is 6.92 Å². The SMILES string of the molecule is CCn1nc(-c2ccc(Cl)cc2)ccc1=O. The molecule has 0 aliphatic rings. The lowest BCUT2D eigenvalue weighted by atomic mass is 10.1. The smallest absolute Gasteiger partial charge is 0.266 e. The summed E-state index contributed by atoms with van der Waals surface area (Å²) in [5.41, 5.74) is 1.64. The summed E-state index contributed by atoms with van der Waals surface area (Å²) in [6.45, 7) is 2.46. The Morgan fingerprint density at radius 2 is 1.88 bits per heavy atom. The topological polar surface area (TPSA) is 34.9 Å². The normalized spacial score (nSPS) is 10.4. The van der Waals surface area contributed by atoms with Crippen LogP contribution in [0.5, 0.6) is 0 Å². The molecule has 0 aliphatic heterocycles. The summed E-state index contributed by atoms with van der Waals surface area (Å²) < 4.78 is 1.43. The molecule has 0 saturated heterocycles. The largest absolute Gasteiger partial charge is 0.268 e. The van der Waals surface area contributed by atoms with Crippen LogP contribution < -0.4 is 5.56 Å². The molecule has 0 saturated carbocycles. The molecule has 2 aromatic rings. The fourth-order valence-corrected chi connectivity index (χ4v) is 1.58. The Hall–Kier alpha value is -1.61. The molecule has 0 radical (unpaired) electrons. The maximum Gasteiger partial charge on any atom is 0.266 e. The first-order valence-corrected chi connectivity index (χ1v) is 5.42. The molecule has 3 nitrogen and oxygen atoms in total. The van der Waals surface area contributed by atoms with Gasteiger partial charge in [-0.15, -0.1) is 0 Å². The maximum atomic E-state index is 11.4. The van der Waals surface area contributed by atoms with Gasteiger partial charge in [0.15, 0.2) is 0 Å². The van der Waals surface area contributed by atoms with Crippen molar-refractivity contribution in [1.82, 2.24) is 9.78 Å². The van der Waals surface area contributed by atoms with E-state index in [-0.39, 0.29) is 5.56 Å². The Kier molecular flexibility index (Phi) is 3.06. The molecule has 0 amide bonds. The van der Waals surface area contributed by atoms with Gasteiger partial charge in [0.1, 0.15) is 0 Å². The van der Waals surface area contributed by atoms with Crippen molar-refractivity contribution in [3.63, 3.8) is 0 Å². The minimum Gasteiger partial charge on any atom is -0.268 e. The summed E-state index contributed by atoms with van der Waals surface area (Å²) >= 11 is 5.81. The molecule has 1 heterocycles. The molecule has 0 fully saturated rings. The monoisotopic (exact) mass is 234 g/mol. The van der Waals surface area contributed by atoms with Crippen molar-refractivity contribution in [2.45, 2.75) is 13.5 Å². The summed E-state index contributed by atoms with van der Waals surface area (Å²) in [5, 5.41) is 4.94. The van der Waals surface area contributed by atoms with E-state index < -0.39 is 0 Å². The molecule has 0 bridgehead atoms. The summed E-state index contributed by atoms with van der Waals surface area (Å²) in [6.07, 6.45) is 0. The minimum atomic E-state index is -0.0831. The number of halogens is 1. The molecular formula is C12H11ClN2O. The van der Waals surface area contributed by atoms with Gasteiger partial charge in [-0.2, -0.15) is 5.10 Å². The van der Waals surface area contributed by atoms with Crippen molar-refractivity contribution < 1.29 is 0 Å². The molecule has 16 heavy (non-hydrogen) atoms. The van der Waals surface area contributed by atoms with Gasteiger partial charge in [0.05, 0.1) is 5.69 Å². The highest BCUT2D eigenvalue weighted by Crippen LogP contribution is 2.18. The summed E-state index contributed by atoms with van der Waals surface area (Å²) in [5.74, 6) is 0. The van der Waals surface area contributed by atoms with Gasteiger partial charge in [-0.05, 0) is 25.1 Å². The van der Waals surface area contributed by atoms with E-state index in [2.05, 4.69) is 5.10 Å². The number of aryl methyl sites for hydroxylation is 1. The molecular weight excluding hydrogens is 224 g/mol. The van der Waals surface area contributed by atoms with E-state index in [4.69, 9.17) is 11.6 Å². The first-order chi connectivity index (χ1) is 7.70. The van der Waals surface area contributed by atoms with Crippen LogP contribution >= 0.6 is 11.6 Å².